The van der Waals surface area contributed by atoms with Crippen molar-refractivity contribution in [3.05, 3.63) is 69.6 Å². The van der Waals surface area contributed by atoms with Gasteiger partial charge < -0.3 is 9.47 Å². The first-order chi connectivity index (χ1) is 12.9. The highest BCUT2D eigenvalue weighted by molar-refractivity contribution is 6.33. The molecule has 1 aromatic carbocycles. The zero-order valence-corrected chi connectivity index (χ0v) is 15.6. The average Bonchev–Trinajstić information content (AvgIpc) is 3.03. The van der Waals surface area contributed by atoms with Crippen LogP contribution in [-0.4, -0.2) is 32.9 Å². The summed E-state index contributed by atoms with van der Waals surface area (Å²) in [7, 11) is 1.80. The molecule has 0 amide bonds. The lowest BCUT2D eigenvalue weighted by Gasteiger charge is -2.20. The molecule has 9 heteroatoms. The molecule has 3 aromatic rings. The molecule has 0 spiro atoms. The van der Waals surface area contributed by atoms with Crippen LogP contribution in [0.1, 0.15) is 12.2 Å². The summed E-state index contributed by atoms with van der Waals surface area (Å²) in [6.45, 7) is 3.34. The Bertz CT molecular complexity index is 1020. The lowest BCUT2D eigenvalue weighted by atomic mass is 10.3. The van der Waals surface area contributed by atoms with E-state index in [2.05, 4.69) is 10.1 Å². The second-order valence-corrected chi connectivity index (χ2v) is 6.48. The highest BCUT2D eigenvalue weighted by Gasteiger charge is 2.16. The summed E-state index contributed by atoms with van der Waals surface area (Å²) in [5.41, 5.74) is -0.382. The number of aryl methyl sites for hydroxylation is 2. The number of nitrogens with zero attached hydrogens (tertiary/aromatic N) is 5. The van der Waals surface area contributed by atoms with Gasteiger partial charge in [-0.1, -0.05) is 11.6 Å². The highest BCUT2D eigenvalue weighted by Crippen LogP contribution is 2.21. The molecule has 0 aliphatic carbocycles. The van der Waals surface area contributed by atoms with Gasteiger partial charge in [0.05, 0.1) is 11.9 Å². The van der Waals surface area contributed by atoms with Crippen LogP contribution in [0.15, 0.2) is 41.6 Å². The molecular formula is C18H18ClF2N5O. The van der Waals surface area contributed by atoms with Crippen LogP contribution >= 0.6 is 11.6 Å². The van der Waals surface area contributed by atoms with Crippen molar-refractivity contribution >= 4 is 17.3 Å². The first-order valence-electron chi connectivity index (χ1n) is 8.30. The number of aromatic nitrogens is 4. The van der Waals surface area contributed by atoms with Crippen LogP contribution in [0, 0.1) is 18.6 Å². The maximum Gasteiger partial charge on any atom is 0.292 e. The summed E-state index contributed by atoms with van der Waals surface area (Å²) in [4.78, 5) is 18.5. The standard InChI is InChI=1S/C18H18ClF2N5O/c1-12-22-6-9-25(12)8-3-7-24(2)16-11-23-26(18(27)17(16)19)15-5-4-13(20)10-14(15)21/h4-6,9-11H,3,7-8H2,1-2H3. The molecule has 2 heterocycles. The van der Waals surface area contributed by atoms with Crippen molar-refractivity contribution in [1.82, 2.24) is 19.3 Å². The summed E-state index contributed by atoms with van der Waals surface area (Å²) in [5, 5.41) is 3.92. The van der Waals surface area contributed by atoms with Crippen molar-refractivity contribution < 1.29 is 8.78 Å². The van der Waals surface area contributed by atoms with Crippen molar-refractivity contribution in [2.24, 2.45) is 0 Å². The van der Waals surface area contributed by atoms with Crippen LogP contribution in [0.2, 0.25) is 5.02 Å². The van der Waals surface area contributed by atoms with E-state index >= 15 is 0 Å². The van der Waals surface area contributed by atoms with Crippen LogP contribution in [0.3, 0.4) is 0 Å². The van der Waals surface area contributed by atoms with Crippen molar-refractivity contribution in [1.29, 1.82) is 0 Å². The molecule has 3 rings (SSSR count). The largest absolute Gasteiger partial charge is 0.372 e. The van der Waals surface area contributed by atoms with Gasteiger partial charge in [-0.05, 0) is 25.5 Å². The van der Waals surface area contributed by atoms with Crippen molar-refractivity contribution in [2.75, 3.05) is 18.5 Å². The van der Waals surface area contributed by atoms with Gasteiger partial charge in [-0.15, -0.1) is 0 Å². The Kier molecular flexibility index (Phi) is 5.55. The van der Waals surface area contributed by atoms with E-state index in [4.69, 9.17) is 11.6 Å². The number of anilines is 1. The molecule has 6 nitrogen and oxygen atoms in total. The minimum Gasteiger partial charge on any atom is -0.372 e. The molecule has 0 unspecified atom stereocenters. The van der Waals surface area contributed by atoms with Gasteiger partial charge >= 0.3 is 0 Å². The van der Waals surface area contributed by atoms with E-state index in [0.29, 0.717) is 18.3 Å². The topological polar surface area (TPSA) is 56.0 Å². The molecule has 0 bridgehead atoms. The van der Waals surface area contributed by atoms with Gasteiger partial charge in [-0.3, -0.25) is 4.79 Å². The van der Waals surface area contributed by atoms with Crippen molar-refractivity contribution in [3.8, 4) is 5.69 Å². The fraction of sp³-hybridized carbons (Fsp3) is 0.278. The fourth-order valence-corrected chi connectivity index (χ4v) is 3.03. The van der Waals surface area contributed by atoms with Gasteiger partial charge in [0, 0.05) is 38.6 Å². The second-order valence-electron chi connectivity index (χ2n) is 6.10. The van der Waals surface area contributed by atoms with Crippen molar-refractivity contribution in [3.63, 3.8) is 0 Å². The van der Waals surface area contributed by atoms with E-state index in [1.165, 1.54) is 6.20 Å². The van der Waals surface area contributed by atoms with Gasteiger partial charge in [0.2, 0.25) is 0 Å². The summed E-state index contributed by atoms with van der Waals surface area (Å²) >= 11 is 6.20. The predicted octanol–water partition coefficient (Wildman–Crippen LogP) is 3.20. The molecule has 0 radical (unpaired) electrons. The summed E-state index contributed by atoms with van der Waals surface area (Å²) < 4.78 is 29.9. The molecule has 0 saturated heterocycles. The Balaban J connectivity index is 1.78. The quantitative estimate of drug-likeness (QED) is 0.645. The molecule has 0 aliphatic heterocycles. The first-order valence-corrected chi connectivity index (χ1v) is 8.68. The number of hydrogen-bond donors (Lipinski definition) is 0. The lowest BCUT2D eigenvalue weighted by Crippen LogP contribution is -2.27. The SMILES string of the molecule is Cc1nccn1CCCN(C)c1cnn(-c2ccc(F)cc2F)c(=O)c1Cl. The molecule has 0 aliphatic rings. The molecular weight excluding hydrogens is 376 g/mol. The lowest BCUT2D eigenvalue weighted by molar-refractivity contribution is 0.570. The first kappa shape index (κ1) is 19.0. The third kappa shape index (κ3) is 4.00. The van der Waals surface area contributed by atoms with Crippen LogP contribution in [0.25, 0.3) is 5.69 Å². The van der Waals surface area contributed by atoms with Gasteiger partial charge in [0.25, 0.3) is 5.56 Å². The zero-order chi connectivity index (χ0) is 19.6. The van der Waals surface area contributed by atoms with Gasteiger partial charge in [-0.2, -0.15) is 9.78 Å². The summed E-state index contributed by atoms with van der Waals surface area (Å²) in [6, 6.07) is 2.89. The number of benzene rings is 1. The monoisotopic (exact) mass is 393 g/mol. The van der Waals surface area contributed by atoms with E-state index in [9.17, 15) is 13.6 Å². The predicted molar refractivity (Wildman–Crippen MR) is 99.6 cm³/mol. The molecule has 0 atom stereocenters. The Morgan fingerprint density at radius 2 is 2.07 bits per heavy atom. The van der Waals surface area contributed by atoms with E-state index < -0.39 is 17.2 Å². The zero-order valence-electron chi connectivity index (χ0n) is 14.9. The molecule has 0 N–H and O–H groups in total. The van der Waals surface area contributed by atoms with Crippen LogP contribution in [-0.2, 0) is 6.54 Å². The Labute approximate surface area is 159 Å². The van der Waals surface area contributed by atoms with Gasteiger partial charge in [0.15, 0.2) is 5.82 Å². The van der Waals surface area contributed by atoms with E-state index in [1.807, 2.05) is 22.6 Å². The van der Waals surface area contributed by atoms with Gasteiger partial charge in [-0.25, -0.2) is 13.8 Å². The van der Waals surface area contributed by atoms with Crippen LogP contribution in [0.4, 0.5) is 14.5 Å². The number of halogens is 3. The molecule has 142 valence electrons. The third-order valence-electron chi connectivity index (χ3n) is 4.27. The number of imidazole rings is 1. The molecule has 0 saturated carbocycles. The summed E-state index contributed by atoms with van der Waals surface area (Å²) in [6.07, 6.45) is 5.85. The third-order valence-corrected chi connectivity index (χ3v) is 4.62. The van der Waals surface area contributed by atoms with E-state index in [-0.39, 0.29) is 10.7 Å². The smallest absolute Gasteiger partial charge is 0.292 e. The van der Waals surface area contributed by atoms with Crippen LogP contribution < -0.4 is 10.5 Å². The fourth-order valence-electron chi connectivity index (χ4n) is 2.75. The molecule has 2 aromatic heterocycles. The Morgan fingerprint density at radius 3 is 2.74 bits per heavy atom. The van der Waals surface area contributed by atoms with E-state index in [0.717, 1.165) is 35.6 Å². The Morgan fingerprint density at radius 1 is 1.30 bits per heavy atom. The minimum absolute atomic E-state index is 0.0740. The maximum atomic E-state index is 13.9. The molecule has 27 heavy (non-hydrogen) atoms. The maximum absolute atomic E-state index is 13.9. The molecule has 0 fully saturated rings. The number of hydrogen-bond acceptors (Lipinski definition) is 4. The van der Waals surface area contributed by atoms with E-state index in [1.54, 1.807) is 13.2 Å². The van der Waals surface area contributed by atoms with Gasteiger partial charge in [0.1, 0.15) is 22.4 Å². The van der Waals surface area contributed by atoms with Crippen LogP contribution in [0.5, 0.6) is 0 Å². The average molecular weight is 394 g/mol. The normalized spacial score (nSPS) is 11.0. The number of rotatable bonds is 6. The summed E-state index contributed by atoms with van der Waals surface area (Å²) in [5.74, 6) is -0.696. The van der Waals surface area contributed by atoms with Crippen molar-refractivity contribution in [2.45, 2.75) is 19.9 Å². The second kappa shape index (κ2) is 7.87. The highest BCUT2D eigenvalue weighted by atomic mass is 35.5. The minimum atomic E-state index is -0.891. The Hall–Kier alpha value is -2.74.